The second kappa shape index (κ2) is 3.21. The van der Waals surface area contributed by atoms with E-state index >= 15 is 0 Å². The Morgan fingerprint density at radius 3 is 1.75 bits per heavy atom. The maximum absolute atomic E-state index is 3.94. The van der Waals surface area contributed by atoms with Crippen LogP contribution in [0.15, 0.2) is 25.0 Å². The number of imidazole rings is 2. The van der Waals surface area contributed by atoms with Crippen LogP contribution in [0, 0.1) is 0 Å². The van der Waals surface area contributed by atoms with Crippen LogP contribution in [0.2, 0.25) is 0 Å². The third kappa shape index (κ3) is 1.53. The second-order valence-electron chi connectivity index (χ2n) is 2.65. The maximum Gasteiger partial charge on any atom is 0.0921 e. The van der Waals surface area contributed by atoms with E-state index in [0.717, 1.165) is 24.2 Å². The van der Waals surface area contributed by atoms with E-state index in [4.69, 9.17) is 0 Å². The van der Waals surface area contributed by atoms with Crippen molar-refractivity contribution in [3.05, 3.63) is 36.4 Å². The molecule has 12 heavy (non-hydrogen) atoms. The zero-order valence-corrected chi connectivity index (χ0v) is 6.62. The molecule has 2 rings (SSSR count). The molecule has 0 atom stereocenters. The van der Waals surface area contributed by atoms with Gasteiger partial charge in [0.25, 0.3) is 0 Å². The van der Waals surface area contributed by atoms with Gasteiger partial charge in [0, 0.05) is 23.8 Å². The summed E-state index contributed by atoms with van der Waals surface area (Å²) in [6.45, 7) is 0. The summed E-state index contributed by atoms with van der Waals surface area (Å²) in [4.78, 5) is 14.0. The van der Waals surface area contributed by atoms with E-state index in [-0.39, 0.29) is 0 Å². The minimum absolute atomic E-state index is 0.974. The van der Waals surface area contributed by atoms with Crippen molar-refractivity contribution in [3.63, 3.8) is 0 Å². The molecular weight excluding hydrogens is 152 g/mol. The van der Waals surface area contributed by atoms with E-state index in [1.807, 2.05) is 12.4 Å². The molecule has 2 aromatic heterocycles. The van der Waals surface area contributed by atoms with E-state index in [9.17, 15) is 0 Å². The number of hydrogen-bond acceptors (Lipinski definition) is 2. The van der Waals surface area contributed by atoms with E-state index in [1.165, 1.54) is 0 Å². The topological polar surface area (TPSA) is 57.4 Å². The smallest absolute Gasteiger partial charge is 0.0921 e. The molecule has 2 heterocycles. The van der Waals surface area contributed by atoms with E-state index < -0.39 is 0 Å². The first-order valence-corrected chi connectivity index (χ1v) is 3.89. The molecular formula is C8H10N4. The van der Waals surface area contributed by atoms with Crippen LogP contribution in [0.25, 0.3) is 0 Å². The fraction of sp³-hybridized carbons (Fsp3) is 0.250. The lowest BCUT2D eigenvalue weighted by atomic mass is 10.2. The Bertz CT molecular complexity index is 274. The zero-order valence-electron chi connectivity index (χ0n) is 6.62. The van der Waals surface area contributed by atoms with Gasteiger partial charge in [-0.15, -0.1) is 0 Å². The van der Waals surface area contributed by atoms with Gasteiger partial charge in [0.2, 0.25) is 0 Å². The molecule has 4 nitrogen and oxygen atoms in total. The van der Waals surface area contributed by atoms with Crippen LogP contribution in [-0.2, 0) is 12.8 Å². The van der Waals surface area contributed by atoms with Crippen molar-refractivity contribution in [3.8, 4) is 0 Å². The monoisotopic (exact) mass is 162 g/mol. The first-order chi connectivity index (χ1) is 5.95. The van der Waals surface area contributed by atoms with Crippen LogP contribution < -0.4 is 0 Å². The third-order valence-electron chi connectivity index (χ3n) is 1.77. The number of hydrogen-bond donors (Lipinski definition) is 2. The van der Waals surface area contributed by atoms with Crippen LogP contribution in [0.5, 0.6) is 0 Å². The lowest BCUT2D eigenvalue weighted by molar-refractivity contribution is 0.898. The minimum Gasteiger partial charge on any atom is -0.348 e. The highest BCUT2D eigenvalue weighted by molar-refractivity contribution is 5.01. The molecule has 0 aliphatic heterocycles. The van der Waals surface area contributed by atoms with E-state index in [0.29, 0.717) is 0 Å². The highest BCUT2D eigenvalue weighted by atomic mass is 14.9. The number of rotatable bonds is 3. The average molecular weight is 162 g/mol. The summed E-state index contributed by atoms with van der Waals surface area (Å²) in [5.74, 6) is 0. The molecule has 0 aliphatic carbocycles. The Morgan fingerprint density at radius 1 is 0.917 bits per heavy atom. The highest BCUT2D eigenvalue weighted by Gasteiger charge is 1.96. The molecule has 0 saturated carbocycles. The van der Waals surface area contributed by atoms with Crippen molar-refractivity contribution in [1.82, 2.24) is 19.9 Å². The predicted octanol–water partition coefficient (Wildman–Crippen LogP) is 0.918. The summed E-state index contributed by atoms with van der Waals surface area (Å²) in [6.07, 6.45) is 9.03. The molecule has 0 amide bonds. The summed E-state index contributed by atoms with van der Waals surface area (Å²) in [5, 5.41) is 0. The van der Waals surface area contributed by atoms with Crippen molar-refractivity contribution in [2.75, 3.05) is 0 Å². The fourth-order valence-electron chi connectivity index (χ4n) is 1.11. The Morgan fingerprint density at radius 2 is 1.42 bits per heavy atom. The van der Waals surface area contributed by atoms with E-state index in [1.54, 1.807) is 12.7 Å². The molecule has 0 unspecified atom stereocenters. The molecule has 2 aromatic rings. The van der Waals surface area contributed by atoms with E-state index in [2.05, 4.69) is 19.9 Å². The number of nitrogens with zero attached hydrogens (tertiary/aromatic N) is 2. The predicted molar refractivity (Wildman–Crippen MR) is 44.6 cm³/mol. The standard InChI is InChI=1S/C8H10N4/c1(7-3-9-5-11-7)2-8-4-10-6-12-8/h3-6H,1-2H2,(H,9,11)(H,10,12). The van der Waals surface area contributed by atoms with Gasteiger partial charge in [0.15, 0.2) is 0 Å². The van der Waals surface area contributed by atoms with Crippen molar-refractivity contribution < 1.29 is 0 Å². The first-order valence-electron chi connectivity index (χ1n) is 3.89. The molecule has 0 bridgehead atoms. The summed E-state index contributed by atoms with van der Waals surface area (Å²) >= 11 is 0. The number of nitrogens with one attached hydrogen (secondary N) is 2. The molecule has 0 radical (unpaired) electrons. The minimum atomic E-state index is 0.974. The zero-order chi connectivity index (χ0) is 8.23. The van der Waals surface area contributed by atoms with Gasteiger partial charge >= 0.3 is 0 Å². The summed E-state index contributed by atoms with van der Waals surface area (Å²) in [6, 6.07) is 0. The maximum atomic E-state index is 3.94. The Labute approximate surface area is 70.1 Å². The largest absolute Gasteiger partial charge is 0.348 e. The van der Waals surface area contributed by atoms with Crippen molar-refractivity contribution in [1.29, 1.82) is 0 Å². The SMILES string of the molecule is c1ncc(CCc2cnc[nH]2)[nH]1. The average Bonchev–Trinajstić information content (AvgIpc) is 2.74. The molecule has 0 spiro atoms. The van der Waals surface area contributed by atoms with Gasteiger partial charge < -0.3 is 9.97 Å². The third-order valence-corrected chi connectivity index (χ3v) is 1.77. The van der Waals surface area contributed by atoms with Crippen molar-refractivity contribution in [2.45, 2.75) is 12.8 Å². The summed E-state index contributed by atoms with van der Waals surface area (Å²) in [5.41, 5.74) is 2.31. The molecule has 0 saturated heterocycles. The van der Waals surface area contributed by atoms with Crippen LogP contribution in [-0.4, -0.2) is 19.9 Å². The van der Waals surface area contributed by atoms with Crippen molar-refractivity contribution in [2.24, 2.45) is 0 Å². The lowest BCUT2D eigenvalue weighted by Gasteiger charge is -1.93. The fourth-order valence-corrected chi connectivity index (χ4v) is 1.11. The molecule has 4 heteroatoms. The molecule has 2 N–H and O–H groups in total. The quantitative estimate of drug-likeness (QED) is 0.705. The number of aryl methyl sites for hydroxylation is 2. The number of H-pyrrole nitrogens is 2. The summed E-state index contributed by atoms with van der Waals surface area (Å²) in [7, 11) is 0. The Balaban J connectivity index is 1.91. The van der Waals surface area contributed by atoms with Crippen LogP contribution in [0.1, 0.15) is 11.4 Å². The molecule has 0 aliphatic rings. The lowest BCUT2D eigenvalue weighted by Crippen LogP contribution is -1.90. The molecule has 0 fully saturated rings. The number of aromatic nitrogens is 4. The summed E-state index contributed by atoms with van der Waals surface area (Å²) < 4.78 is 0. The Kier molecular flexibility index (Phi) is 1.90. The molecule has 62 valence electrons. The van der Waals surface area contributed by atoms with Crippen LogP contribution in [0.4, 0.5) is 0 Å². The van der Waals surface area contributed by atoms with Gasteiger partial charge in [-0.05, 0) is 12.8 Å². The normalized spacial score (nSPS) is 10.3. The van der Waals surface area contributed by atoms with Crippen LogP contribution >= 0.6 is 0 Å². The van der Waals surface area contributed by atoms with Gasteiger partial charge in [-0.2, -0.15) is 0 Å². The van der Waals surface area contributed by atoms with Gasteiger partial charge in [0.1, 0.15) is 0 Å². The molecule has 0 aromatic carbocycles. The van der Waals surface area contributed by atoms with Crippen molar-refractivity contribution >= 4 is 0 Å². The first kappa shape index (κ1) is 7.09. The Hall–Kier alpha value is -1.58. The van der Waals surface area contributed by atoms with Crippen LogP contribution in [0.3, 0.4) is 0 Å². The van der Waals surface area contributed by atoms with Gasteiger partial charge in [-0.25, -0.2) is 9.97 Å². The highest BCUT2D eigenvalue weighted by Crippen LogP contribution is 1.99. The van der Waals surface area contributed by atoms with Gasteiger partial charge in [-0.1, -0.05) is 0 Å². The van der Waals surface area contributed by atoms with Gasteiger partial charge in [0.05, 0.1) is 12.7 Å². The van der Waals surface area contributed by atoms with Gasteiger partial charge in [-0.3, -0.25) is 0 Å². The second-order valence-corrected chi connectivity index (χ2v) is 2.65. The number of aromatic amines is 2.